The molecule has 5 heteroatoms. The van der Waals surface area contributed by atoms with Gasteiger partial charge in [-0.25, -0.2) is 0 Å². The number of rotatable bonds is 6. The second kappa shape index (κ2) is 8.14. The molecular formula is C26H36N2O3. The first-order valence-electron chi connectivity index (χ1n) is 12.2. The van der Waals surface area contributed by atoms with E-state index in [1.807, 2.05) is 17.0 Å². The highest BCUT2D eigenvalue weighted by atomic mass is 16.5. The van der Waals surface area contributed by atoms with Gasteiger partial charge in [0.25, 0.3) is 0 Å². The third-order valence-electron chi connectivity index (χ3n) is 8.44. The van der Waals surface area contributed by atoms with Gasteiger partial charge in [-0.2, -0.15) is 0 Å². The van der Waals surface area contributed by atoms with E-state index in [2.05, 4.69) is 18.3 Å². The van der Waals surface area contributed by atoms with Crippen molar-refractivity contribution in [1.29, 1.82) is 0 Å². The Labute approximate surface area is 185 Å². The second-order valence-electron chi connectivity index (χ2n) is 10.7. The van der Waals surface area contributed by atoms with Crippen LogP contribution in [0.2, 0.25) is 0 Å². The highest BCUT2D eigenvalue weighted by Gasteiger charge is 2.56. The van der Waals surface area contributed by atoms with E-state index in [0.717, 1.165) is 74.1 Å². The number of carbonyl (C=O) groups excluding carboxylic acids is 2. The lowest BCUT2D eigenvalue weighted by atomic mass is 9.49. The number of nitrogens with one attached hydrogen (secondary N) is 1. The smallest absolute Gasteiger partial charge is 0.242 e. The van der Waals surface area contributed by atoms with Gasteiger partial charge in [0.1, 0.15) is 11.8 Å². The van der Waals surface area contributed by atoms with Crippen LogP contribution in [0.3, 0.4) is 0 Å². The quantitative estimate of drug-likeness (QED) is 0.754. The minimum atomic E-state index is -0.292. The highest BCUT2D eigenvalue weighted by molar-refractivity contribution is 5.91. The van der Waals surface area contributed by atoms with E-state index in [1.54, 1.807) is 7.11 Å². The molecule has 168 valence electrons. The second-order valence-corrected chi connectivity index (χ2v) is 10.7. The van der Waals surface area contributed by atoms with Crippen molar-refractivity contribution in [2.24, 2.45) is 23.2 Å². The molecule has 0 spiro atoms. The number of hydrogen-bond acceptors (Lipinski definition) is 3. The fraction of sp³-hybridized carbons (Fsp3) is 0.692. The summed E-state index contributed by atoms with van der Waals surface area (Å²) in [6.45, 7) is 3.37. The van der Waals surface area contributed by atoms with Gasteiger partial charge in [0, 0.05) is 13.1 Å². The molecule has 5 aliphatic rings. The summed E-state index contributed by atoms with van der Waals surface area (Å²) in [6.07, 6.45) is 9.64. The van der Waals surface area contributed by atoms with Gasteiger partial charge in [-0.05, 0) is 94.1 Å². The van der Waals surface area contributed by atoms with Gasteiger partial charge in [-0.1, -0.05) is 17.7 Å². The van der Waals surface area contributed by atoms with Crippen molar-refractivity contribution in [3.05, 3.63) is 29.3 Å². The molecular weight excluding hydrogens is 388 g/mol. The minimum absolute atomic E-state index is 0.0159. The molecule has 5 nitrogen and oxygen atoms in total. The summed E-state index contributed by atoms with van der Waals surface area (Å²) < 4.78 is 5.46. The topological polar surface area (TPSA) is 58.6 Å². The summed E-state index contributed by atoms with van der Waals surface area (Å²) in [5.41, 5.74) is 2.13. The first-order chi connectivity index (χ1) is 15.0. The molecule has 6 rings (SSSR count). The maximum atomic E-state index is 13.8. The van der Waals surface area contributed by atoms with Gasteiger partial charge in [-0.15, -0.1) is 0 Å². The van der Waals surface area contributed by atoms with Crippen LogP contribution in [-0.2, 0) is 16.0 Å². The van der Waals surface area contributed by atoms with Crippen LogP contribution in [0.5, 0.6) is 5.75 Å². The van der Waals surface area contributed by atoms with Gasteiger partial charge in [-0.3, -0.25) is 9.59 Å². The van der Waals surface area contributed by atoms with Gasteiger partial charge >= 0.3 is 0 Å². The number of aryl methyl sites for hydroxylation is 1. The lowest BCUT2D eigenvalue weighted by molar-refractivity contribution is -0.160. The summed E-state index contributed by atoms with van der Waals surface area (Å²) >= 11 is 0. The fourth-order valence-corrected chi connectivity index (χ4v) is 7.50. The normalized spacial score (nSPS) is 33.5. The van der Waals surface area contributed by atoms with Crippen LogP contribution in [0.1, 0.15) is 62.5 Å². The molecule has 0 radical (unpaired) electrons. The van der Waals surface area contributed by atoms with Gasteiger partial charge in [0.05, 0.1) is 12.5 Å². The number of methoxy groups -OCH3 is 1. The Morgan fingerprint density at radius 1 is 1.13 bits per heavy atom. The van der Waals surface area contributed by atoms with Crippen LogP contribution in [0.4, 0.5) is 0 Å². The summed E-state index contributed by atoms with van der Waals surface area (Å²) in [5, 5.41) is 3.11. The number of hydrogen-bond donors (Lipinski definition) is 1. The number of nitrogens with zero attached hydrogens (tertiary/aromatic N) is 1. The zero-order chi connectivity index (χ0) is 21.6. The Bertz CT molecular complexity index is 829. The molecule has 1 N–H and O–H groups in total. The summed E-state index contributed by atoms with van der Waals surface area (Å²) in [7, 11) is 1.68. The van der Waals surface area contributed by atoms with Crippen LogP contribution in [-0.4, -0.2) is 43.0 Å². The number of benzene rings is 1. The first-order valence-corrected chi connectivity index (χ1v) is 12.2. The van der Waals surface area contributed by atoms with Crippen LogP contribution >= 0.6 is 0 Å². The minimum Gasteiger partial charge on any atom is -0.496 e. The molecule has 1 aromatic carbocycles. The predicted octanol–water partition coefficient (Wildman–Crippen LogP) is 3.87. The van der Waals surface area contributed by atoms with E-state index in [0.29, 0.717) is 12.5 Å². The maximum Gasteiger partial charge on any atom is 0.242 e. The van der Waals surface area contributed by atoms with E-state index in [-0.39, 0.29) is 17.4 Å². The molecule has 1 atom stereocenters. The van der Waals surface area contributed by atoms with E-state index in [9.17, 15) is 9.59 Å². The monoisotopic (exact) mass is 424 g/mol. The van der Waals surface area contributed by atoms with Gasteiger partial charge < -0.3 is 15.0 Å². The van der Waals surface area contributed by atoms with Gasteiger partial charge in [0.2, 0.25) is 11.8 Å². The average molecular weight is 425 g/mol. The number of likely N-dealkylation sites (tertiary alicyclic amines) is 1. The van der Waals surface area contributed by atoms with Crippen molar-refractivity contribution >= 4 is 11.8 Å². The Kier molecular flexibility index (Phi) is 5.47. The predicted molar refractivity (Wildman–Crippen MR) is 120 cm³/mol. The molecule has 1 aromatic rings. The molecule has 4 saturated carbocycles. The van der Waals surface area contributed by atoms with Crippen molar-refractivity contribution < 1.29 is 14.3 Å². The molecule has 4 bridgehead atoms. The van der Waals surface area contributed by atoms with E-state index in [1.165, 1.54) is 24.8 Å². The Balaban J connectivity index is 1.22. The summed E-state index contributed by atoms with van der Waals surface area (Å²) in [6, 6.07) is 5.84. The highest BCUT2D eigenvalue weighted by Crippen LogP contribution is 2.60. The van der Waals surface area contributed by atoms with Crippen LogP contribution < -0.4 is 10.1 Å². The molecule has 1 aliphatic heterocycles. The fourth-order valence-electron chi connectivity index (χ4n) is 7.50. The number of amides is 2. The lowest BCUT2D eigenvalue weighted by Gasteiger charge is -2.56. The molecule has 31 heavy (non-hydrogen) atoms. The van der Waals surface area contributed by atoms with Crippen LogP contribution in [0.25, 0.3) is 0 Å². The molecule has 0 unspecified atom stereocenters. The Morgan fingerprint density at radius 3 is 2.45 bits per heavy atom. The van der Waals surface area contributed by atoms with Crippen molar-refractivity contribution in [2.75, 3.05) is 20.2 Å². The number of carbonyl (C=O) groups is 2. The summed E-state index contributed by atoms with van der Waals surface area (Å²) in [4.78, 5) is 28.8. The third kappa shape index (κ3) is 3.85. The van der Waals surface area contributed by atoms with Crippen molar-refractivity contribution in [1.82, 2.24) is 10.2 Å². The Morgan fingerprint density at radius 2 is 1.81 bits per heavy atom. The molecule has 0 aromatic heterocycles. The molecule has 5 fully saturated rings. The van der Waals surface area contributed by atoms with E-state index in [4.69, 9.17) is 4.74 Å². The molecule has 4 aliphatic carbocycles. The van der Waals surface area contributed by atoms with Crippen molar-refractivity contribution in [2.45, 2.75) is 70.8 Å². The molecule has 1 saturated heterocycles. The van der Waals surface area contributed by atoms with E-state index < -0.39 is 0 Å². The van der Waals surface area contributed by atoms with E-state index >= 15 is 0 Å². The zero-order valence-electron chi connectivity index (χ0n) is 19.0. The Hall–Kier alpha value is -2.04. The SMILES string of the molecule is COc1ccc(C)cc1CCNC(=O)[C@H]1CCCN1C(=O)C12CC3CC(CC(C3)C1)C2. The van der Waals surface area contributed by atoms with Crippen LogP contribution in [0, 0.1) is 30.1 Å². The lowest BCUT2D eigenvalue weighted by Crippen LogP contribution is -2.57. The maximum absolute atomic E-state index is 13.8. The largest absolute Gasteiger partial charge is 0.496 e. The standard InChI is InChI=1S/C26H36N2O3/c1-17-5-6-23(31-2)21(10-17)7-8-27-24(29)22-4-3-9-28(22)25(30)26-14-18-11-19(15-26)13-20(12-18)16-26/h5-6,10,18-20,22H,3-4,7-9,11-16H2,1-2H3,(H,27,29)/t18?,19?,20?,22-,26?/m1/s1. The van der Waals surface area contributed by atoms with Crippen molar-refractivity contribution in [3.63, 3.8) is 0 Å². The number of ether oxygens (including phenoxy) is 1. The third-order valence-corrected chi connectivity index (χ3v) is 8.44. The summed E-state index contributed by atoms with van der Waals surface area (Å²) in [5.74, 6) is 3.41. The molecule has 1 heterocycles. The zero-order valence-corrected chi connectivity index (χ0v) is 19.0. The van der Waals surface area contributed by atoms with Crippen LogP contribution in [0.15, 0.2) is 18.2 Å². The average Bonchev–Trinajstić information content (AvgIpc) is 3.22. The van der Waals surface area contributed by atoms with Gasteiger partial charge in [0.15, 0.2) is 0 Å². The van der Waals surface area contributed by atoms with Crippen molar-refractivity contribution in [3.8, 4) is 5.75 Å². The molecule has 2 amide bonds. The first kappa shape index (κ1) is 20.8.